The molecule has 0 saturated heterocycles. The molecular formula is C19H15N5O4. The van der Waals surface area contributed by atoms with Crippen LogP contribution < -0.4 is 15.2 Å². The minimum atomic E-state index is -0.598. The maximum absolute atomic E-state index is 11.1. The Morgan fingerprint density at radius 2 is 1.93 bits per heavy atom. The van der Waals surface area contributed by atoms with Gasteiger partial charge in [0.1, 0.15) is 29.3 Å². The Morgan fingerprint density at radius 3 is 2.61 bits per heavy atom. The topological polar surface area (TPSA) is 126 Å². The van der Waals surface area contributed by atoms with Gasteiger partial charge in [-0.25, -0.2) is 9.97 Å². The van der Waals surface area contributed by atoms with E-state index in [0.29, 0.717) is 34.2 Å². The van der Waals surface area contributed by atoms with E-state index >= 15 is 0 Å². The van der Waals surface area contributed by atoms with Crippen molar-refractivity contribution in [3.05, 3.63) is 60.3 Å². The number of carbonyl (C=O) groups excluding carboxylic acids is 1. The Labute approximate surface area is 159 Å². The molecule has 0 spiro atoms. The van der Waals surface area contributed by atoms with E-state index < -0.39 is 5.91 Å². The van der Waals surface area contributed by atoms with E-state index in [2.05, 4.69) is 19.9 Å². The van der Waals surface area contributed by atoms with E-state index in [-0.39, 0.29) is 12.3 Å². The van der Waals surface area contributed by atoms with Crippen LogP contribution in [0.4, 0.5) is 0 Å². The van der Waals surface area contributed by atoms with E-state index in [1.165, 1.54) is 12.3 Å². The molecule has 4 rings (SSSR count). The van der Waals surface area contributed by atoms with Crippen LogP contribution in [0.3, 0.4) is 0 Å². The maximum atomic E-state index is 11.1. The summed E-state index contributed by atoms with van der Waals surface area (Å²) in [6.45, 7) is 0.278. The molecule has 0 bridgehead atoms. The molecule has 28 heavy (non-hydrogen) atoms. The molecule has 1 amide bonds. The van der Waals surface area contributed by atoms with Gasteiger partial charge in [-0.2, -0.15) is 0 Å². The highest BCUT2D eigenvalue weighted by molar-refractivity contribution is 5.91. The molecule has 0 aromatic carbocycles. The Bertz CT molecular complexity index is 1120. The Hall–Kier alpha value is -4.01. The lowest BCUT2D eigenvalue weighted by Gasteiger charge is -2.05. The van der Waals surface area contributed by atoms with Crippen LogP contribution in [0.1, 0.15) is 16.2 Å². The summed E-state index contributed by atoms with van der Waals surface area (Å²) in [5, 5.41) is 0. The van der Waals surface area contributed by atoms with Crippen molar-refractivity contribution in [2.24, 2.45) is 5.73 Å². The summed E-state index contributed by atoms with van der Waals surface area (Å²) in [6, 6.07) is 8.53. The molecule has 4 heterocycles. The minimum Gasteiger partial charge on any atom is -0.495 e. The fraction of sp³-hybridized carbons (Fsp3) is 0.105. The van der Waals surface area contributed by atoms with Crippen LogP contribution in [0.25, 0.3) is 22.7 Å². The highest BCUT2D eigenvalue weighted by Gasteiger charge is 2.12. The number of fused-ring (bicyclic) bond motifs is 1. The third kappa shape index (κ3) is 3.58. The number of primary amides is 1. The van der Waals surface area contributed by atoms with Gasteiger partial charge in [-0.1, -0.05) is 0 Å². The van der Waals surface area contributed by atoms with Crippen molar-refractivity contribution in [2.75, 3.05) is 7.11 Å². The van der Waals surface area contributed by atoms with Crippen molar-refractivity contribution in [2.45, 2.75) is 6.61 Å². The zero-order valence-electron chi connectivity index (χ0n) is 14.8. The van der Waals surface area contributed by atoms with Gasteiger partial charge in [-0.15, -0.1) is 0 Å². The van der Waals surface area contributed by atoms with Gasteiger partial charge < -0.3 is 19.6 Å². The molecule has 2 N–H and O–H groups in total. The lowest BCUT2D eigenvalue weighted by Crippen LogP contribution is -2.12. The number of nitrogens with zero attached hydrogens (tertiary/aromatic N) is 4. The van der Waals surface area contributed by atoms with Crippen LogP contribution in [0.15, 0.2) is 53.3 Å². The maximum Gasteiger partial charge on any atom is 0.267 e. The number of hydrogen-bond acceptors (Lipinski definition) is 8. The molecule has 0 unspecified atom stereocenters. The normalized spacial score (nSPS) is 10.8. The third-order valence-corrected chi connectivity index (χ3v) is 3.91. The largest absolute Gasteiger partial charge is 0.495 e. The van der Waals surface area contributed by atoms with E-state index in [1.54, 1.807) is 31.6 Å². The number of amides is 1. The Morgan fingerprint density at radius 1 is 1.07 bits per heavy atom. The minimum absolute atomic E-state index is 0.167. The number of aromatic nitrogens is 4. The molecule has 0 aliphatic carbocycles. The van der Waals surface area contributed by atoms with Crippen LogP contribution in [0, 0.1) is 0 Å². The summed E-state index contributed by atoms with van der Waals surface area (Å²) >= 11 is 0. The first-order chi connectivity index (χ1) is 13.6. The molecule has 0 atom stereocenters. The van der Waals surface area contributed by atoms with Crippen molar-refractivity contribution in [3.63, 3.8) is 0 Å². The summed E-state index contributed by atoms with van der Waals surface area (Å²) < 4.78 is 16.4. The number of nitrogens with two attached hydrogens (primary N) is 1. The van der Waals surface area contributed by atoms with Gasteiger partial charge in [0.05, 0.1) is 30.8 Å². The van der Waals surface area contributed by atoms with E-state index in [1.807, 2.05) is 12.1 Å². The van der Waals surface area contributed by atoms with Crippen molar-refractivity contribution < 1.29 is 18.7 Å². The summed E-state index contributed by atoms with van der Waals surface area (Å²) in [7, 11) is 1.59. The van der Waals surface area contributed by atoms with Gasteiger partial charge in [0, 0.05) is 12.3 Å². The quantitative estimate of drug-likeness (QED) is 0.543. The molecule has 0 radical (unpaired) electrons. The average Bonchev–Trinajstić information content (AvgIpc) is 3.16. The molecule has 4 aromatic rings. The zero-order valence-corrected chi connectivity index (χ0v) is 14.8. The number of hydrogen-bond donors (Lipinski definition) is 1. The van der Waals surface area contributed by atoms with Gasteiger partial charge in [0.25, 0.3) is 5.91 Å². The van der Waals surface area contributed by atoms with Gasteiger partial charge >= 0.3 is 0 Å². The molecular weight excluding hydrogens is 362 g/mol. The fourth-order valence-electron chi connectivity index (χ4n) is 2.45. The van der Waals surface area contributed by atoms with E-state index in [0.717, 1.165) is 5.69 Å². The predicted molar refractivity (Wildman–Crippen MR) is 98.7 cm³/mol. The van der Waals surface area contributed by atoms with Gasteiger partial charge in [0.2, 0.25) is 11.6 Å². The first-order valence-corrected chi connectivity index (χ1v) is 8.27. The molecule has 9 nitrogen and oxygen atoms in total. The smallest absolute Gasteiger partial charge is 0.267 e. The highest BCUT2D eigenvalue weighted by Crippen LogP contribution is 2.25. The first kappa shape index (κ1) is 17.4. The number of pyridine rings is 3. The lowest BCUT2D eigenvalue weighted by molar-refractivity contribution is 0.0995. The zero-order chi connectivity index (χ0) is 19.5. The predicted octanol–water partition coefficient (Wildman–Crippen LogP) is 2.37. The van der Waals surface area contributed by atoms with Crippen molar-refractivity contribution in [3.8, 4) is 23.0 Å². The van der Waals surface area contributed by atoms with Crippen molar-refractivity contribution >= 4 is 17.1 Å². The second kappa shape index (κ2) is 7.31. The Balaban J connectivity index is 1.51. The van der Waals surface area contributed by atoms with Crippen LogP contribution in [-0.2, 0) is 6.61 Å². The average molecular weight is 377 g/mol. The summed E-state index contributed by atoms with van der Waals surface area (Å²) in [5.74, 6) is 0.950. The van der Waals surface area contributed by atoms with E-state index in [9.17, 15) is 4.79 Å². The molecule has 9 heteroatoms. The number of ether oxygens (including phenoxy) is 2. The van der Waals surface area contributed by atoms with Crippen LogP contribution in [-0.4, -0.2) is 33.0 Å². The molecule has 0 aliphatic heterocycles. The summed E-state index contributed by atoms with van der Waals surface area (Å²) in [4.78, 5) is 28.0. The van der Waals surface area contributed by atoms with Crippen LogP contribution >= 0.6 is 0 Å². The van der Waals surface area contributed by atoms with Gasteiger partial charge in [-0.3, -0.25) is 14.8 Å². The number of carbonyl (C=O) groups is 1. The molecule has 140 valence electrons. The second-order valence-corrected chi connectivity index (χ2v) is 5.79. The Kier molecular flexibility index (Phi) is 4.55. The van der Waals surface area contributed by atoms with E-state index in [4.69, 9.17) is 19.6 Å². The summed E-state index contributed by atoms with van der Waals surface area (Å²) in [6.07, 6.45) is 4.65. The monoisotopic (exact) mass is 377 g/mol. The summed E-state index contributed by atoms with van der Waals surface area (Å²) in [5.41, 5.74) is 7.62. The standard InChI is InChI=1S/C19H15N5O4/c1-26-13-4-3-12(21-8-13)10-27-14-6-16-19(23-9-14)28-18(24-16)11-2-5-15(17(20)25)22-7-11/h2-9H,10H2,1H3,(H2,20,25). The molecule has 4 aromatic heterocycles. The van der Waals surface area contributed by atoms with Crippen LogP contribution in [0.2, 0.25) is 0 Å². The van der Waals surface area contributed by atoms with Crippen LogP contribution in [0.5, 0.6) is 11.5 Å². The first-order valence-electron chi connectivity index (χ1n) is 8.27. The SMILES string of the molecule is COc1ccc(COc2cnc3oc(-c4ccc(C(N)=O)nc4)nc3c2)nc1. The molecule has 0 aliphatic rings. The number of rotatable bonds is 6. The number of methoxy groups -OCH3 is 1. The van der Waals surface area contributed by atoms with Gasteiger partial charge in [0.15, 0.2) is 0 Å². The lowest BCUT2D eigenvalue weighted by atomic mass is 10.2. The van der Waals surface area contributed by atoms with Crippen molar-refractivity contribution in [1.82, 2.24) is 19.9 Å². The van der Waals surface area contributed by atoms with Gasteiger partial charge in [-0.05, 0) is 24.3 Å². The third-order valence-electron chi connectivity index (χ3n) is 3.91. The molecule has 0 fully saturated rings. The van der Waals surface area contributed by atoms with Crippen molar-refractivity contribution in [1.29, 1.82) is 0 Å². The number of oxazole rings is 1. The second-order valence-electron chi connectivity index (χ2n) is 5.79. The molecule has 0 saturated carbocycles. The fourth-order valence-corrected chi connectivity index (χ4v) is 2.45. The highest BCUT2D eigenvalue weighted by atomic mass is 16.5.